The van der Waals surface area contributed by atoms with Gasteiger partial charge >= 0.3 is 0 Å². The van der Waals surface area contributed by atoms with E-state index in [0.29, 0.717) is 12.3 Å². The van der Waals surface area contributed by atoms with E-state index >= 15 is 0 Å². The summed E-state index contributed by atoms with van der Waals surface area (Å²) in [4.78, 5) is 12.5. The second-order valence-corrected chi connectivity index (χ2v) is 9.34. The van der Waals surface area contributed by atoms with Crippen molar-refractivity contribution in [2.45, 2.75) is 78.7 Å². The van der Waals surface area contributed by atoms with Crippen LogP contribution in [0.4, 0.5) is 0 Å². The highest BCUT2D eigenvalue weighted by Gasteiger charge is 2.17. The summed E-state index contributed by atoms with van der Waals surface area (Å²) in [6.45, 7) is 15.1. The van der Waals surface area contributed by atoms with Gasteiger partial charge in [0.2, 0.25) is 5.91 Å². The van der Waals surface area contributed by atoms with Crippen molar-refractivity contribution in [2.24, 2.45) is 0 Å². The smallest absolute Gasteiger partial charge is 0.220 e. The molecule has 2 aromatic carbocycles. The van der Waals surface area contributed by atoms with Crippen molar-refractivity contribution in [2.75, 3.05) is 7.11 Å². The van der Waals surface area contributed by atoms with Crippen molar-refractivity contribution in [3.8, 4) is 5.75 Å². The lowest BCUT2D eigenvalue weighted by Crippen LogP contribution is -2.27. The standard InChI is InChI=1S/C26H37NO2/c1-17(2)22-16-23(18(3)15-24(22)29-8)19(4)27-25(28)14-11-20-9-12-21(13-10-20)26(5,6)7/h9-10,12-13,15-17,19H,11,14H2,1-8H3,(H,27,28)/t19-/m1/s1. The quantitative estimate of drug-likeness (QED) is 0.603. The molecule has 158 valence electrons. The molecule has 2 aromatic rings. The number of rotatable bonds is 7. The SMILES string of the molecule is COc1cc(C)c([C@@H](C)NC(=O)CCc2ccc(C(C)(C)C)cc2)cc1C(C)C. The topological polar surface area (TPSA) is 38.3 Å². The molecule has 0 saturated carbocycles. The molecule has 1 N–H and O–H groups in total. The van der Waals surface area contributed by atoms with E-state index in [2.05, 4.69) is 90.2 Å². The molecule has 1 atom stereocenters. The van der Waals surface area contributed by atoms with E-state index in [0.717, 1.165) is 23.3 Å². The van der Waals surface area contributed by atoms with E-state index in [1.54, 1.807) is 7.11 Å². The average Bonchev–Trinajstić information content (AvgIpc) is 2.65. The summed E-state index contributed by atoms with van der Waals surface area (Å²) in [6.07, 6.45) is 1.24. The molecule has 0 aliphatic heterocycles. The van der Waals surface area contributed by atoms with Crippen LogP contribution in [-0.4, -0.2) is 13.0 Å². The van der Waals surface area contributed by atoms with Gasteiger partial charge in [0.1, 0.15) is 5.75 Å². The number of carbonyl (C=O) groups excluding carboxylic acids is 1. The van der Waals surface area contributed by atoms with Crippen molar-refractivity contribution in [1.29, 1.82) is 0 Å². The fourth-order valence-electron chi connectivity index (χ4n) is 3.63. The first kappa shape index (κ1) is 23.0. The van der Waals surface area contributed by atoms with Gasteiger partial charge in [-0.15, -0.1) is 0 Å². The molecule has 0 aliphatic rings. The van der Waals surface area contributed by atoms with E-state index in [1.165, 1.54) is 16.7 Å². The highest BCUT2D eigenvalue weighted by molar-refractivity contribution is 5.76. The zero-order valence-electron chi connectivity index (χ0n) is 19.3. The lowest BCUT2D eigenvalue weighted by atomic mass is 9.86. The molecule has 0 fully saturated rings. The summed E-state index contributed by atoms with van der Waals surface area (Å²) < 4.78 is 5.53. The predicted molar refractivity (Wildman–Crippen MR) is 122 cm³/mol. The monoisotopic (exact) mass is 395 g/mol. The highest BCUT2D eigenvalue weighted by atomic mass is 16.5. The highest BCUT2D eigenvalue weighted by Crippen LogP contribution is 2.32. The summed E-state index contributed by atoms with van der Waals surface area (Å²) in [5.41, 5.74) is 6.12. The van der Waals surface area contributed by atoms with Gasteiger partial charge in [0.05, 0.1) is 13.2 Å². The van der Waals surface area contributed by atoms with E-state index < -0.39 is 0 Å². The second kappa shape index (κ2) is 9.47. The molecule has 1 amide bonds. The molecule has 3 heteroatoms. The minimum atomic E-state index is -0.0332. The Kier molecular flexibility index (Phi) is 7.51. The molecule has 29 heavy (non-hydrogen) atoms. The maximum atomic E-state index is 12.5. The fraction of sp³-hybridized carbons (Fsp3) is 0.500. The minimum Gasteiger partial charge on any atom is -0.496 e. The molecule has 0 radical (unpaired) electrons. The molecule has 0 spiro atoms. The number of benzene rings is 2. The van der Waals surface area contributed by atoms with Crippen LogP contribution in [0.3, 0.4) is 0 Å². The number of amides is 1. The summed E-state index contributed by atoms with van der Waals surface area (Å²) >= 11 is 0. The Labute approximate surface area is 176 Å². The number of hydrogen-bond donors (Lipinski definition) is 1. The largest absolute Gasteiger partial charge is 0.496 e. The molecular weight excluding hydrogens is 358 g/mol. The average molecular weight is 396 g/mol. The van der Waals surface area contributed by atoms with Crippen LogP contribution >= 0.6 is 0 Å². The Hall–Kier alpha value is -2.29. The van der Waals surface area contributed by atoms with Crippen LogP contribution in [0.1, 0.15) is 87.7 Å². The third-order valence-corrected chi connectivity index (χ3v) is 5.55. The number of methoxy groups -OCH3 is 1. The van der Waals surface area contributed by atoms with Crippen molar-refractivity contribution < 1.29 is 9.53 Å². The van der Waals surface area contributed by atoms with Gasteiger partial charge < -0.3 is 10.1 Å². The van der Waals surface area contributed by atoms with Crippen LogP contribution in [0, 0.1) is 6.92 Å². The number of aryl methyl sites for hydroxylation is 2. The zero-order valence-corrected chi connectivity index (χ0v) is 19.3. The van der Waals surface area contributed by atoms with Crippen LogP contribution in [0.2, 0.25) is 0 Å². The third-order valence-electron chi connectivity index (χ3n) is 5.55. The molecule has 0 unspecified atom stereocenters. The first-order valence-corrected chi connectivity index (χ1v) is 10.6. The molecule has 2 rings (SSSR count). The minimum absolute atomic E-state index is 0.0332. The first-order chi connectivity index (χ1) is 13.5. The van der Waals surface area contributed by atoms with Crippen molar-refractivity contribution in [1.82, 2.24) is 5.32 Å². The summed E-state index contributed by atoms with van der Waals surface area (Å²) in [7, 11) is 1.71. The lowest BCUT2D eigenvalue weighted by Gasteiger charge is -2.21. The molecule has 0 heterocycles. The van der Waals surface area contributed by atoms with E-state index in [9.17, 15) is 4.79 Å². The Morgan fingerprint density at radius 2 is 1.66 bits per heavy atom. The number of ether oxygens (including phenoxy) is 1. The van der Waals surface area contributed by atoms with E-state index in [1.807, 2.05) is 0 Å². The fourth-order valence-corrected chi connectivity index (χ4v) is 3.63. The third kappa shape index (κ3) is 6.09. The molecule has 0 aliphatic carbocycles. The summed E-state index contributed by atoms with van der Waals surface area (Å²) in [5.74, 6) is 1.36. The van der Waals surface area contributed by atoms with Crippen LogP contribution < -0.4 is 10.1 Å². The van der Waals surface area contributed by atoms with Gasteiger partial charge in [-0.05, 0) is 71.6 Å². The Morgan fingerprint density at radius 1 is 1.03 bits per heavy atom. The number of nitrogens with one attached hydrogen (secondary N) is 1. The van der Waals surface area contributed by atoms with Gasteiger partial charge in [0.25, 0.3) is 0 Å². The van der Waals surface area contributed by atoms with Crippen LogP contribution in [0.25, 0.3) is 0 Å². The van der Waals surface area contributed by atoms with Gasteiger partial charge in [0, 0.05) is 6.42 Å². The second-order valence-electron chi connectivity index (χ2n) is 9.34. The van der Waals surface area contributed by atoms with Crippen molar-refractivity contribution >= 4 is 5.91 Å². The first-order valence-electron chi connectivity index (χ1n) is 10.6. The zero-order chi connectivity index (χ0) is 21.8. The Bertz CT molecular complexity index is 829. The maximum Gasteiger partial charge on any atom is 0.220 e. The normalized spacial score (nSPS) is 12.7. The van der Waals surface area contributed by atoms with Gasteiger partial charge in [0.15, 0.2) is 0 Å². The number of hydrogen-bond acceptors (Lipinski definition) is 2. The maximum absolute atomic E-state index is 12.5. The lowest BCUT2D eigenvalue weighted by molar-refractivity contribution is -0.121. The Balaban J connectivity index is 2.01. The van der Waals surface area contributed by atoms with Crippen molar-refractivity contribution in [3.05, 3.63) is 64.2 Å². The van der Waals surface area contributed by atoms with E-state index in [4.69, 9.17) is 4.74 Å². The summed E-state index contributed by atoms with van der Waals surface area (Å²) in [5, 5.41) is 3.17. The van der Waals surface area contributed by atoms with Crippen molar-refractivity contribution in [3.63, 3.8) is 0 Å². The predicted octanol–water partition coefficient (Wildman–Crippen LogP) is 6.23. The van der Waals surface area contributed by atoms with Crippen LogP contribution in [0.5, 0.6) is 5.75 Å². The summed E-state index contributed by atoms with van der Waals surface area (Å²) in [6, 6.07) is 12.8. The van der Waals surface area contributed by atoms with Crippen LogP contribution in [-0.2, 0) is 16.6 Å². The van der Waals surface area contributed by atoms with Gasteiger partial charge in [-0.3, -0.25) is 4.79 Å². The molecular formula is C26H37NO2. The van der Waals surface area contributed by atoms with Crippen LogP contribution in [0.15, 0.2) is 36.4 Å². The van der Waals surface area contributed by atoms with Gasteiger partial charge in [-0.2, -0.15) is 0 Å². The number of carbonyl (C=O) groups is 1. The molecule has 0 aromatic heterocycles. The molecule has 0 bridgehead atoms. The van der Waals surface area contributed by atoms with Gasteiger partial charge in [-0.1, -0.05) is 58.9 Å². The van der Waals surface area contributed by atoms with Gasteiger partial charge in [-0.25, -0.2) is 0 Å². The molecule has 0 saturated heterocycles. The molecule has 3 nitrogen and oxygen atoms in total. The van der Waals surface area contributed by atoms with E-state index in [-0.39, 0.29) is 17.4 Å². The Morgan fingerprint density at radius 3 is 2.17 bits per heavy atom.